The number of rotatable bonds is 5. The normalized spacial score (nSPS) is 10.7. The number of nitrogens with one attached hydrogen (secondary N) is 1. The summed E-state index contributed by atoms with van der Waals surface area (Å²) in [5.41, 5.74) is 4.22. The first kappa shape index (κ1) is 15.6. The van der Waals surface area contributed by atoms with Crippen LogP contribution in [0.1, 0.15) is 11.3 Å². The van der Waals surface area contributed by atoms with Crippen molar-refractivity contribution in [3.63, 3.8) is 0 Å². The summed E-state index contributed by atoms with van der Waals surface area (Å²) >= 11 is 6.08. The fourth-order valence-electron chi connectivity index (χ4n) is 2.73. The van der Waals surface area contributed by atoms with Gasteiger partial charge in [0, 0.05) is 28.3 Å². The van der Waals surface area contributed by atoms with Crippen molar-refractivity contribution >= 4 is 28.2 Å². The van der Waals surface area contributed by atoms with Crippen LogP contribution in [0, 0.1) is 6.92 Å². The average Bonchev–Trinajstić information content (AvgIpc) is 2.55. The standard InChI is InChI=1S/C19H19ClN2O/c1-13-11-18(16-5-3-4-6-17(16)22-13)21-10-9-14-12-15(20)7-8-19(14)23-2/h3-8,11-12H,9-10H2,1-2H3,(H,21,22). The molecule has 0 radical (unpaired) electrons. The number of benzene rings is 2. The molecule has 0 fully saturated rings. The lowest BCUT2D eigenvalue weighted by Crippen LogP contribution is -2.07. The molecular weight excluding hydrogens is 308 g/mol. The van der Waals surface area contributed by atoms with E-state index >= 15 is 0 Å². The summed E-state index contributed by atoms with van der Waals surface area (Å²) < 4.78 is 5.40. The third kappa shape index (κ3) is 3.57. The third-order valence-corrected chi connectivity index (χ3v) is 4.03. The SMILES string of the molecule is COc1ccc(Cl)cc1CCNc1cc(C)nc2ccccc12. The van der Waals surface area contributed by atoms with E-state index in [1.54, 1.807) is 7.11 Å². The third-order valence-electron chi connectivity index (χ3n) is 3.80. The van der Waals surface area contributed by atoms with Crippen molar-refractivity contribution in [1.82, 2.24) is 4.98 Å². The molecule has 0 amide bonds. The van der Waals surface area contributed by atoms with Crippen molar-refractivity contribution in [2.24, 2.45) is 0 Å². The molecular formula is C19H19ClN2O. The van der Waals surface area contributed by atoms with Crippen LogP contribution in [-0.2, 0) is 6.42 Å². The van der Waals surface area contributed by atoms with Crippen LogP contribution >= 0.6 is 11.6 Å². The van der Waals surface area contributed by atoms with Crippen LogP contribution in [0.3, 0.4) is 0 Å². The first-order valence-corrected chi connectivity index (χ1v) is 7.98. The van der Waals surface area contributed by atoms with Crippen molar-refractivity contribution in [3.05, 3.63) is 64.8 Å². The summed E-state index contributed by atoms with van der Waals surface area (Å²) in [4.78, 5) is 4.56. The smallest absolute Gasteiger partial charge is 0.122 e. The second-order valence-corrected chi connectivity index (χ2v) is 5.90. The molecule has 0 atom stereocenters. The minimum absolute atomic E-state index is 0.728. The van der Waals surface area contributed by atoms with E-state index in [0.29, 0.717) is 0 Å². The van der Waals surface area contributed by atoms with Gasteiger partial charge in [0.2, 0.25) is 0 Å². The molecule has 0 saturated carbocycles. The van der Waals surface area contributed by atoms with Gasteiger partial charge in [-0.1, -0.05) is 29.8 Å². The molecule has 118 valence electrons. The summed E-state index contributed by atoms with van der Waals surface area (Å²) in [5, 5.41) is 5.37. The molecule has 1 aromatic heterocycles. The lowest BCUT2D eigenvalue weighted by atomic mass is 10.1. The predicted octanol–water partition coefficient (Wildman–Crippen LogP) is 4.86. The van der Waals surface area contributed by atoms with Gasteiger partial charge < -0.3 is 10.1 Å². The van der Waals surface area contributed by atoms with Gasteiger partial charge in [0.05, 0.1) is 12.6 Å². The number of methoxy groups -OCH3 is 1. The molecule has 0 aliphatic carbocycles. The van der Waals surface area contributed by atoms with Gasteiger partial charge in [-0.15, -0.1) is 0 Å². The summed E-state index contributed by atoms with van der Waals surface area (Å²) in [5.74, 6) is 0.868. The van der Waals surface area contributed by atoms with Gasteiger partial charge >= 0.3 is 0 Å². The van der Waals surface area contributed by atoms with E-state index in [2.05, 4.69) is 22.4 Å². The molecule has 0 saturated heterocycles. The van der Waals surface area contributed by atoms with Crippen molar-refractivity contribution in [2.75, 3.05) is 19.0 Å². The van der Waals surface area contributed by atoms with E-state index < -0.39 is 0 Å². The highest BCUT2D eigenvalue weighted by Gasteiger charge is 2.06. The maximum absolute atomic E-state index is 6.08. The number of nitrogens with zero attached hydrogens (tertiary/aromatic N) is 1. The van der Waals surface area contributed by atoms with Gasteiger partial charge in [0.25, 0.3) is 0 Å². The Morgan fingerprint density at radius 2 is 1.96 bits per heavy atom. The highest BCUT2D eigenvalue weighted by Crippen LogP contribution is 2.25. The van der Waals surface area contributed by atoms with Crippen LogP contribution in [0.25, 0.3) is 10.9 Å². The zero-order valence-corrected chi connectivity index (χ0v) is 14.0. The molecule has 23 heavy (non-hydrogen) atoms. The first-order chi connectivity index (χ1) is 11.2. The number of hydrogen-bond donors (Lipinski definition) is 1. The zero-order chi connectivity index (χ0) is 16.2. The number of halogens is 1. The van der Waals surface area contributed by atoms with Crippen LogP contribution in [-0.4, -0.2) is 18.6 Å². The Labute approximate surface area is 141 Å². The molecule has 3 nitrogen and oxygen atoms in total. The molecule has 2 aromatic carbocycles. The van der Waals surface area contributed by atoms with Crippen LogP contribution in [0.4, 0.5) is 5.69 Å². The first-order valence-electron chi connectivity index (χ1n) is 7.60. The minimum Gasteiger partial charge on any atom is -0.496 e. The van der Waals surface area contributed by atoms with E-state index in [9.17, 15) is 0 Å². The number of hydrogen-bond acceptors (Lipinski definition) is 3. The summed E-state index contributed by atoms with van der Waals surface area (Å²) in [7, 11) is 1.68. The van der Waals surface area contributed by atoms with E-state index in [0.717, 1.165) is 51.6 Å². The molecule has 0 bridgehead atoms. The van der Waals surface area contributed by atoms with Crippen molar-refractivity contribution < 1.29 is 4.74 Å². The number of fused-ring (bicyclic) bond motifs is 1. The Morgan fingerprint density at radius 1 is 1.13 bits per heavy atom. The van der Waals surface area contributed by atoms with Crippen LogP contribution in [0.5, 0.6) is 5.75 Å². The van der Waals surface area contributed by atoms with Gasteiger partial charge in [-0.3, -0.25) is 4.98 Å². The molecule has 4 heteroatoms. The molecule has 3 rings (SSSR count). The van der Waals surface area contributed by atoms with E-state index in [4.69, 9.17) is 16.3 Å². The van der Waals surface area contributed by atoms with Crippen LogP contribution < -0.4 is 10.1 Å². The monoisotopic (exact) mass is 326 g/mol. The van der Waals surface area contributed by atoms with Crippen molar-refractivity contribution in [3.8, 4) is 5.75 Å². The number of aromatic nitrogens is 1. The Kier molecular flexibility index (Phi) is 4.68. The Morgan fingerprint density at radius 3 is 2.78 bits per heavy atom. The number of anilines is 1. The fraction of sp³-hybridized carbons (Fsp3) is 0.211. The summed E-state index contributed by atoms with van der Waals surface area (Å²) in [6.07, 6.45) is 0.833. The summed E-state index contributed by atoms with van der Waals surface area (Å²) in [6, 6.07) is 16.0. The quantitative estimate of drug-likeness (QED) is 0.727. The Balaban J connectivity index is 1.78. The van der Waals surface area contributed by atoms with Crippen LogP contribution in [0.15, 0.2) is 48.5 Å². The molecule has 1 heterocycles. The maximum atomic E-state index is 6.08. The lowest BCUT2D eigenvalue weighted by molar-refractivity contribution is 0.410. The number of para-hydroxylation sites is 1. The number of ether oxygens (including phenoxy) is 1. The van der Waals surface area contributed by atoms with Gasteiger partial charge in [-0.05, 0) is 49.2 Å². The molecule has 0 spiro atoms. The van der Waals surface area contributed by atoms with Gasteiger partial charge in [-0.2, -0.15) is 0 Å². The highest BCUT2D eigenvalue weighted by atomic mass is 35.5. The number of pyridine rings is 1. The van der Waals surface area contributed by atoms with E-state index in [1.165, 1.54) is 0 Å². The van der Waals surface area contributed by atoms with Crippen LogP contribution in [0.2, 0.25) is 5.02 Å². The van der Waals surface area contributed by atoms with Crippen molar-refractivity contribution in [2.45, 2.75) is 13.3 Å². The van der Waals surface area contributed by atoms with E-state index in [-0.39, 0.29) is 0 Å². The molecule has 0 aliphatic heterocycles. The van der Waals surface area contributed by atoms with Gasteiger partial charge in [-0.25, -0.2) is 0 Å². The van der Waals surface area contributed by atoms with Crippen molar-refractivity contribution in [1.29, 1.82) is 0 Å². The second-order valence-electron chi connectivity index (χ2n) is 5.46. The minimum atomic E-state index is 0.728. The largest absolute Gasteiger partial charge is 0.496 e. The molecule has 0 aliphatic rings. The molecule has 1 N–H and O–H groups in total. The maximum Gasteiger partial charge on any atom is 0.122 e. The van der Waals surface area contributed by atoms with E-state index in [1.807, 2.05) is 43.3 Å². The summed E-state index contributed by atoms with van der Waals surface area (Å²) in [6.45, 7) is 2.81. The zero-order valence-electron chi connectivity index (χ0n) is 13.3. The second kappa shape index (κ2) is 6.88. The van der Waals surface area contributed by atoms with Gasteiger partial charge in [0.15, 0.2) is 0 Å². The molecule has 3 aromatic rings. The van der Waals surface area contributed by atoms with Gasteiger partial charge in [0.1, 0.15) is 5.75 Å². The fourth-order valence-corrected chi connectivity index (χ4v) is 2.92. The Hall–Kier alpha value is -2.26. The lowest BCUT2D eigenvalue weighted by Gasteiger charge is -2.12. The Bertz CT molecular complexity index is 833. The average molecular weight is 327 g/mol. The molecule has 0 unspecified atom stereocenters. The number of aryl methyl sites for hydroxylation is 1. The highest BCUT2D eigenvalue weighted by molar-refractivity contribution is 6.30. The topological polar surface area (TPSA) is 34.1 Å². The predicted molar refractivity (Wildman–Crippen MR) is 96.7 cm³/mol.